The third-order valence-corrected chi connectivity index (χ3v) is 2.73. The van der Waals surface area contributed by atoms with E-state index in [0.29, 0.717) is 11.5 Å². The highest BCUT2D eigenvalue weighted by atomic mass is 16.4. The van der Waals surface area contributed by atoms with E-state index in [1.807, 2.05) is 31.0 Å². The van der Waals surface area contributed by atoms with E-state index in [4.69, 9.17) is 10.9 Å². The molecule has 98 valence electrons. The zero-order valence-electron chi connectivity index (χ0n) is 10.8. The molecule has 0 amide bonds. The average molecular weight is 257 g/mol. The number of benzene rings is 1. The monoisotopic (exact) mass is 257 g/mol. The predicted molar refractivity (Wildman–Crippen MR) is 73.8 cm³/mol. The molecule has 0 saturated carbocycles. The summed E-state index contributed by atoms with van der Waals surface area (Å²) in [6, 6.07) is 7.26. The van der Waals surface area contributed by atoms with Crippen LogP contribution in [0.5, 0.6) is 0 Å². The lowest BCUT2D eigenvalue weighted by Crippen LogP contribution is -2.15. The summed E-state index contributed by atoms with van der Waals surface area (Å²) in [5.74, 6) is 0.697. The van der Waals surface area contributed by atoms with Gasteiger partial charge in [0, 0.05) is 30.7 Å². The molecule has 0 saturated heterocycles. The molecule has 0 aliphatic carbocycles. The maximum absolute atomic E-state index is 8.60. The van der Waals surface area contributed by atoms with Crippen molar-refractivity contribution in [2.24, 2.45) is 10.9 Å². The van der Waals surface area contributed by atoms with E-state index < -0.39 is 0 Å². The van der Waals surface area contributed by atoms with Gasteiger partial charge in [-0.05, 0) is 36.8 Å². The number of anilines is 2. The van der Waals surface area contributed by atoms with Gasteiger partial charge in [0.1, 0.15) is 0 Å². The van der Waals surface area contributed by atoms with Crippen molar-refractivity contribution in [3.63, 3.8) is 0 Å². The molecule has 1 aromatic heterocycles. The Morgan fingerprint density at radius 2 is 1.79 bits per heavy atom. The van der Waals surface area contributed by atoms with E-state index in [1.165, 1.54) is 0 Å². The van der Waals surface area contributed by atoms with Crippen molar-refractivity contribution < 1.29 is 5.21 Å². The SMILES string of the molecule is Cc1cnc(N(C)c2ccc(C(N)=NO)cc2)nc1. The summed E-state index contributed by atoms with van der Waals surface area (Å²) in [7, 11) is 1.88. The molecule has 0 bridgehead atoms. The quantitative estimate of drug-likeness (QED) is 0.378. The van der Waals surface area contributed by atoms with Crippen LogP contribution in [0.2, 0.25) is 0 Å². The molecular formula is C13H15N5O. The van der Waals surface area contributed by atoms with Crippen LogP contribution in [0.3, 0.4) is 0 Å². The summed E-state index contributed by atoms with van der Waals surface area (Å²) in [4.78, 5) is 10.4. The third kappa shape index (κ3) is 2.79. The molecule has 1 heterocycles. The van der Waals surface area contributed by atoms with E-state index in [1.54, 1.807) is 24.5 Å². The van der Waals surface area contributed by atoms with Gasteiger partial charge in [-0.3, -0.25) is 0 Å². The highest BCUT2D eigenvalue weighted by Crippen LogP contribution is 2.20. The fraction of sp³-hybridized carbons (Fsp3) is 0.154. The molecule has 6 nitrogen and oxygen atoms in total. The van der Waals surface area contributed by atoms with Crippen molar-refractivity contribution in [3.8, 4) is 0 Å². The summed E-state index contributed by atoms with van der Waals surface area (Å²) in [5, 5.41) is 11.6. The second kappa shape index (κ2) is 5.34. The first kappa shape index (κ1) is 12.8. The Balaban J connectivity index is 2.24. The fourth-order valence-corrected chi connectivity index (χ4v) is 1.59. The largest absolute Gasteiger partial charge is 0.409 e. The summed E-state index contributed by atoms with van der Waals surface area (Å²) < 4.78 is 0. The standard InChI is InChI=1S/C13H15N5O/c1-9-7-15-13(16-8-9)18(2)11-5-3-10(4-6-11)12(14)17-19/h3-8,19H,1-2H3,(H2,14,17). The Morgan fingerprint density at radius 3 is 2.32 bits per heavy atom. The molecule has 0 unspecified atom stereocenters. The van der Waals surface area contributed by atoms with Crippen molar-refractivity contribution in [2.45, 2.75) is 6.92 Å². The highest BCUT2D eigenvalue weighted by molar-refractivity contribution is 5.97. The molecule has 0 atom stereocenters. The second-order valence-corrected chi connectivity index (χ2v) is 4.15. The molecule has 19 heavy (non-hydrogen) atoms. The lowest BCUT2D eigenvalue weighted by Gasteiger charge is -2.17. The number of hydrogen-bond donors (Lipinski definition) is 2. The van der Waals surface area contributed by atoms with E-state index in [-0.39, 0.29) is 5.84 Å². The number of aryl methyl sites for hydroxylation is 1. The molecule has 2 aromatic rings. The molecule has 0 radical (unpaired) electrons. The lowest BCUT2D eigenvalue weighted by molar-refractivity contribution is 0.318. The van der Waals surface area contributed by atoms with Crippen LogP contribution in [-0.2, 0) is 0 Å². The minimum Gasteiger partial charge on any atom is -0.409 e. The van der Waals surface area contributed by atoms with E-state index in [9.17, 15) is 0 Å². The van der Waals surface area contributed by atoms with E-state index in [0.717, 1.165) is 11.3 Å². The maximum Gasteiger partial charge on any atom is 0.229 e. The first-order chi connectivity index (χ1) is 9.11. The summed E-state index contributed by atoms with van der Waals surface area (Å²) in [6.07, 6.45) is 3.53. The molecule has 0 spiro atoms. The van der Waals surface area contributed by atoms with Crippen molar-refractivity contribution in [3.05, 3.63) is 47.8 Å². The van der Waals surface area contributed by atoms with Gasteiger partial charge in [0.15, 0.2) is 5.84 Å². The fourth-order valence-electron chi connectivity index (χ4n) is 1.59. The van der Waals surface area contributed by atoms with Crippen LogP contribution >= 0.6 is 0 Å². The van der Waals surface area contributed by atoms with Crippen molar-refractivity contribution in [1.82, 2.24) is 9.97 Å². The number of nitrogens with zero attached hydrogens (tertiary/aromatic N) is 4. The first-order valence-electron chi connectivity index (χ1n) is 5.72. The topological polar surface area (TPSA) is 87.6 Å². The summed E-state index contributed by atoms with van der Waals surface area (Å²) in [6.45, 7) is 1.94. The second-order valence-electron chi connectivity index (χ2n) is 4.15. The Bertz CT molecular complexity index is 577. The van der Waals surface area contributed by atoms with Crippen molar-refractivity contribution in [1.29, 1.82) is 0 Å². The van der Waals surface area contributed by atoms with Gasteiger partial charge in [-0.1, -0.05) is 5.16 Å². The number of aromatic nitrogens is 2. The molecule has 0 aliphatic heterocycles. The minimum absolute atomic E-state index is 0.0841. The number of amidine groups is 1. The number of nitrogens with two attached hydrogens (primary N) is 1. The minimum atomic E-state index is 0.0841. The molecule has 0 fully saturated rings. The van der Waals surface area contributed by atoms with Crippen LogP contribution in [0.15, 0.2) is 41.8 Å². The smallest absolute Gasteiger partial charge is 0.229 e. The molecular weight excluding hydrogens is 242 g/mol. The van der Waals surface area contributed by atoms with E-state index in [2.05, 4.69) is 15.1 Å². The van der Waals surface area contributed by atoms with Crippen LogP contribution in [0, 0.1) is 6.92 Å². The Hall–Kier alpha value is -2.63. The van der Waals surface area contributed by atoms with Gasteiger partial charge in [-0.25, -0.2) is 9.97 Å². The lowest BCUT2D eigenvalue weighted by atomic mass is 10.2. The van der Waals surface area contributed by atoms with Gasteiger partial charge in [0.05, 0.1) is 0 Å². The average Bonchev–Trinajstić information content (AvgIpc) is 2.46. The predicted octanol–water partition coefficient (Wildman–Crippen LogP) is 1.65. The van der Waals surface area contributed by atoms with E-state index >= 15 is 0 Å². The maximum atomic E-state index is 8.60. The number of oxime groups is 1. The summed E-state index contributed by atoms with van der Waals surface area (Å²) >= 11 is 0. The van der Waals surface area contributed by atoms with Crippen LogP contribution in [-0.4, -0.2) is 28.1 Å². The zero-order valence-corrected chi connectivity index (χ0v) is 10.8. The van der Waals surface area contributed by atoms with Gasteiger partial charge in [-0.15, -0.1) is 0 Å². The van der Waals surface area contributed by atoms with Crippen LogP contribution < -0.4 is 10.6 Å². The Morgan fingerprint density at radius 1 is 1.21 bits per heavy atom. The normalized spacial score (nSPS) is 11.4. The summed E-state index contributed by atoms with van der Waals surface area (Å²) in [5.41, 5.74) is 8.10. The highest BCUT2D eigenvalue weighted by Gasteiger charge is 2.07. The number of hydrogen-bond acceptors (Lipinski definition) is 5. The van der Waals surface area contributed by atoms with Crippen LogP contribution in [0.25, 0.3) is 0 Å². The Kier molecular flexibility index (Phi) is 3.61. The van der Waals surface area contributed by atoms with Crippen LogP contribution in [0.1, 0.15) is 11.1 Å². The molecule has 0 aliphatic rings. The molecule has 3 N–H and O–H groups in total. The van der Waals surface area contributed by atoms with Crippen molar-refractivity contribution in [2.75, 3.05) is 11.9 Å². The van der Waals surface area contributed by atoms with Gasteiger partial charge in [0.2, 0.25) is 5.95 Å². The first-order valence-corrected chi connectivity index (χ1v) is 5.72. The van der Waals surface area contributed by atoms with Gasteiger partial charge >= 0.3 is 0 Å². The molecule has 1 aromatic carbocycles. The molecule has 2 rings (SSSR count). The number of rotatable bonds is 3. The van der Waals surface area contributed by atoms with Crippen molar-refractivity contribution >= 4 is 17.5 Å². The zero-order chi connectivity index (χ0) is 13.8. The van der Waals surface area contributed by atoms with Gasteiger partial charge in [0.25, 0.3) is 0 Å². The van der Waals surface area contributed by atoms with Gasteiger partial charge in [-0.2, -0.15) is 0 Å². The third-order valence-electron chi connectivity index (χ3n) is 2.73. The molecule has 6 heteroatoms. The Labute approximate surface area is 111 Å². The van der Waals surface area contributed by atoms with Crippen LogP contribution in [0.4, 0.5) is 11.6 Å². The van der Waals surface area contributed by atoms with Gasteiger partial charge < -0.3 is 15.8 Å².